The number of carboxylic acid groups (broad SMARTS) is 2. The molecule has 0 aliphatic heterocycles. The number of rotatable bonds is 8. The first kappa shape index (κ1) is 27.4. The van der Waals surface area contributed by atoms with Crippen molar-refractivity contribution in [1.29, 1.82) is 0 Å². The fraction of sp³-hybridized carbons (Fsp3) is 0.320. The summed E-state index contributed by atoms with van der Waals surface area (Å²) in [6, 6.07) is 18.2. The topological polar surface area (TPSA) is 107 Å². The third-order valence-corrected chi connectivity index (χ3v) is 5.01. The maximum Gasteiger partial charge on any atom is 0.415 e. The number of nitrogens with zero attached hydrogens (tertiary/aromatic N) is 2. The quantitative estimate of drug-likeness (QED) is 0.576. The number of hydrogen-bond donors (Lipinski definition) is 2. The van der Waals surface area contributed by atoms with Crippen LogP contribution in [0.15, 0.2) is 66.7 Å². The first-order chi connectivity index (χ1) is 15.5. The van der Waals surface area contributed by atoms with E-state index in [2.05, 4.69) is 24.0 Å². The van der Waals surface area contributed by atoms with Crippen molar-refractivity contribution in [3.63, 3.8) is 0 Å². The van der Waals surface area contributed by atoms with E-state index in [1.807, 2.05) is 63.5 Å². The van der Waals surface area contributed by atoms with E-state index >= 15 is 0 Å². The normalized spacial score (nSPS) is 12.4. The second-order valence-electron chi connectivity index (χ2n) is 7.74. The molecule has 0 saturated heterocycles. The van der Waals surface area contributed by atoms with E-state index in [4.69, 9.17) is 14.9 Å². The number of likely N-dealkylation sites (N-methyl/N-ethyl adjacent to an activating group) is 1. The van der Waals surface area contributed by atoms with Crippen LogP contribution in [0.5, 0.6) is 5.75 Å². The van der Waals surface area contributed by atoms with Gasteiger partial charge in [0.1, 0.15) is 5.75 Å². The monoisotopic (exact) mass is 456 g/mol. The molecule has 8 nitrogen and oxygen atoms in total. The van der Waals surface area contributed by atoms with Crippen molar-refractivity contribution >= 4 is 18.0 Å². The number of ether oxygens (including phenoxy) is 1. The van der Waals surface area contributed by atoms with Crippen LogP contribution >= 0.6 is 0 Å². The molecule has 2 aromatic rings. The minimum atomic E-state index is -1.26. The Hall–Kier alpha value is -3.65. The lowest BCUT2D eigenvalue weighted by atomic mass is 10.1. The van der Waals surface area contributed by atoms with Crippen molar-refractivity contribution < 1.29 is 29.3 Å². The molecule has 0 aliphatic rings. The Kier molecular flexibility index (Phi) is 11.4. The summed E-state index contributed by atoms with van der Waals surface area (Å²) in [4.78, 5) is 35.3. The van der Waals surface area contributed by atoms with E-state index in [-0.39, 0.29) is 18.2 Å². The third kappa shape index (κ3) is 10.5. The van der Waals surface area contributed by atoms with Crippen LogP contribution in [0.1, 0.15) is 31.0 Å². The molecular formula is C25H32N2O6. The average Bonchev–Trinajstić information content (AvgIpc) is 2.77. The molecule has 178 valence electrons. The number of aliphatic carboxylic acids is 2. The molecule has 0 saturated carbocycles. The molecule has 2 atom stereocenters. The smallest absolute Gasteiger partial charge is 0.415 e. The molecule has 2 N–H and O–H groups in total. The molecule has 0 aromatic heterocycles. The number of benzene rings is 2. The van der Waals surface area contributed by atoms with E-state index < -0.39 is 11.9 Å². The van der Waals surface area contributed by atoms with Crippen molar-refractivity contribution in [3.8, 4) is 5.75 Å². The number of hydrogen-bond acceptors (Lipinski definition) is 5. The molecule has 0 aliphatic carbocycles. The van der Waals surface area contributed by atoms with Crippen LogP contribution in [0.4, 0.5) is 4.79 Å². The van der Waals surface area contributed by atoms with Crippen LogP contribution in [0.2, 0.25) is 0 Å². The van der Waals surface area contributed by atoms with Gasteiger partial charge >= 0.3 is 18.0 Å². The number of amides is 1. The van der Waals surface area contributed by atoms with Gasteiger partial charge in [-0.2, -0.15) is 0 Å². The first-order valence-electron chi connectivity index (χ1n) is 10.4. The molecule has 2 aromatic carbocycles. The largest absolute Gasteiger partial charge is 0.478 e. The third-order valence-electron chi connectivity index (χ3n) is 5.01. The summed E-state index contributed by atoms with van der Waals surface area (Å²) >= 11 is 0. The molecule has 0 fully saturated rings. The lowest BCUT2D eigenvalue weighted by Gasteiger charge is -2.25. The number of carbonyl (C=O) groups is 3. The van der Waals surface area contributed by atoms with E-state index in [9.17, 15) is 14.4 Å². The number of carbonyl (C=O) groups excluding carboxylic acids is 1. The first-order valence-corrected chi connectivity index (χ1v) is 10.4. The zero-order valence-electron chi connectivity index (χ0n) is 19.6. The molecule has 0 heterocycles. The van der Waals surface area contributed by atoms with Gasteiger partial charge in [-0.25, -0.2) is 14.4 Å². The van der Waals surface area contributed by atoms with Gasteiger partial charge in [0.15, 0.2) is 0 Å². The molecule has 1 amide bonds. The molecular weight excluding hydrogens is 424 g/mol. The van der Waals surface area contributed by atoms with Gasteiger partial charge < -0.3 is 24.7 Å². The zero-order valence-corrected chi connectivity index (χ0v) is 19.6. The lowest BCUT2D eigenvalue weighted by Crippen LogP contribution is -2.38. The van der Waals surface area contributed by atoms with Crippen LogP contribution in [0, 0.1) is 0 Å². The minimum absolute atomic E-state index is 0.0544. The van der Waals surface area contributed by atoms with Crippen LogP contribution in [-0.4, -0.2) is 65.2 Å². The summed E-state index contributed by atoms with van der Waals surface area (Å²) < 4.78 is 5.57. The summed E-state index contributed by atoms with van der Waals surface area (Å²) in [5, 5.41) is 15.6. The van der Waals surface area contributed by atoms with Gasteiger partial charge in [-0.1, -0.05) is 42.5 Å². The predicted octanol–water partition coefficient (Wildman–Crippen LogP) is 4.08. The Balaban J connectivity index is 0.000000582. The average molecular weight is 457 g/mol. The van der Waals surface area contributed by atoms with Gasteiger partial charge in [-0.05, 0) is 57.6 Å². The summed E-state index contributed by atoms with van der Waals surface area (Å²) in [5.41, 5.74) is 2.33. The molecule has 0 unspecified atom stereocenters. The van der Waals surface area contributed by atoms with Crippen LogP contribution < -0.4 is 4.74 Å². The Bertz CT molecular complexity index is 927. The van der Waals surface area contributed by atoms with Crippen LogP contribution in [0.25, 0.3) is 0 Å². The second kappa shape index (κ2) is 13.7. The van der Waals surface area contributed by atoms with Gasteiger partial charge in [-0.3, -0.25) is 0 Å². The zero-order chi connectivity index (χ0) is 25.0. The fourth-order valence-corrected chi connectivity index (χ4v) is 2.72. The highest BCUT2D eigenvalue weighted by Crippen LogP contribution is 2.22. The van der Waals surface area contributed by atoms with Crippen molar-refractivity contribution in [3.05, 3.63) is 77.9 Å². The van der Waals surface area contributed by atoms with E-state index in [0.29, 0.717) is 17.9 Å². The highest BCUT2D eigenvalue weighted by molar-refractivity contribution is 5.89. The maximum absolute atomic E-state index is 12.5. The molecule has 0 spiro atoms. The Labute approximate surface area is 194 Å². The summed E-state index contributed by atoms with van der Waals surface area (Å²) in [6.07, 6.45) is 1.58. The van der Waals surface area contributed by atoms with E-state index in [1.54, 1.807) is 11.9 Å². The molecule has 8 heteroatoms. The maximum atomic E-state index is 12.5. The van der Waals surface area contributed by atoms with Crippen molar-refractivity contribution in [2.24, 2.45) is 0 Å². The van der Waals surface area contributed by atoms with E-state index in [0.717, 1.165) is 12.0 Å². The van der Waals surface area contributed by atoms with Gasteiger partial charge in [-0.15, -0.1) is 0 Å². The highest BCUT2D eigenvalue weighted by Gasteiger charge is 2.18. The summed E-state index contributed by atoms with van der Waals surface area (Å²) in [5.74, 6) is -1.94. The van der Waals surface area contributed by atoms with Crippen molar-refractivity contribution in [1.82, 2.24) is 9.80 Å². The molecule has 33 heavy (non-hydrogen) atoms. The summed E-state index contributed by atoms with van der Waals surface area (Å²) in [7, 11) is 5.84. The minimum Gasteiger partial charge on any atom is -0.478 e. The van der Waals surface area contributed by atoms with Gasteiger partial charge in [0, 0.05) is 31.3 Å². The SMILES string of the molecule is C[C@H](Cc1ccccc1)N(C)C(=O)Oc1cccc([C@H](C)N(C)C)c1.O=C(O)/C=C/C(=O)O. The highest BCUT2D eigenvalue weighted by atomic mass is 16.6. The van der Waals surface area contributed by atoms with E-state index in [1.165, 1.54) is 5.56 Å². The predicted molar refractivity (Wildman–Crippen MR) is 126 cm³/mol. The van der Waals surface area contributed by atoms with Crippen LogP contribution in [0.3, 0.4) is 0 Å². The Morgan fingerprint density at radius 1 is 0.909 bits per heavy atom. The number of carboxylic acids is 2. The fourth-order valence-electron chi connectivity index (χ4n) is 2.72. The lowest BCUT2D eigenvalue weighted by molar-refractivity contribution is -0.134. The second-order valence-corrected chi connectivity index (χ2v) is 7.74. The van der Waals surface area contributed by atoms with Crippen LogP contribution in [-0.2, 0) is 16.0 Å². The Morgan fingerprint density at radius 2 is 1.48 bits per heavy atom. The molecule has 0 radical (unpaired) electrons. The molecule has 2 rings (SSSR count). The Morgan fingerprint density at radius 3 is 2.00 bits per heavy atom. The molecule has 0 bridgehead atoms. The van der Waals surface area contributed by atoms with Crippen molar-refractivity contribution in [2.75, 3.05) is 21.1 Å². The van der Waals surface area contributed by atoms with Gasteiger partial charge in [0.2, 0.25) is 0 Å². The standard InChI is InChI=1S/C21H28N2O2.C4H4O4/c1-16(14-18-10-7-6-8-11-18)23(5)21(24)25-20-13-9-12-19(15-20)17(2)22(3)4;5-3(6)1-2-4(7)8/h6-13,15-17H,14H2,1-5H3;1-2H,(H,5,6)(H,7,8)/b;2-1+/t16-,17+;/m1./s1. The summed E-state index contributed by atoms with van der Waals surface area (Å²) in [6.45, 7) is 4.15. The van der Waals surface area contributed by atoms with Crippen molar-refractivity contribution in [2.45, 2.75) is 32.4 Å². The van der Waals surface area contributed by atoms with Gasteiger partial charge in [0.05, 0.1) is 0 Å². The van der Waals surface area contributed by atoms with Gasteiger partial charge in [0.25, 0.3) is 0 Å².